The van der Waals surface area contributed by atoms with Crippen molar-refractivity contribution in [1.82, 2.24) is 0 Å². The van der Waals surface area contributed by atoms with Gasteiger partial charge in [-0.3, -0.25) is 4.79 Å². The number of rotatable bonds is 7. The molecule has 0 saturated heterocycles. The van der Waals surface area contributed by atoms with E-state index >= 15 is 0 Å². The van der Waals surface area contributed by atoms with E-state index in [1.54, 1.807) is 0 Å². The smallest absolute Gasteiger partial charge is 0.255 e. The number of sulfone groups is 1. The molecule has 2 bridgehead atoms. The van der Waals surface area contributed by atoms with E-state index in [1.807, 2.05) is 6.92 Å². The Hall–Kier alpha value is -2.22. The third-order valence-corrected chi connectivity index (χ3v) is 11.0. The summed E-state index contributed by atoms with van der Waals surface area (Å²) < 4.78 is 67.9. The SMILES string of the molecule is C[C@H]1CC2CC(S(=O)(=O)c3cc(C(=O)Nc4cc(F)c(F)c(F)c4)ccc3Cl)CC1[C@@]2(O)C(O)C(O)C(C)(C)O. The molecule has 8 nitrogen and oxygen atoms in total. The van der Waals surface area contributed by atoms with Gasteiger partial charge in [-0.1, -0.05) is 18.5 Å². The van der Waals surface area contributed by atoms with Crippen molar-refractivity contribution >= 4 is 33.0 Å². The van der Waals surface area contributed by atoms with Crippen molar-refractivity contribution in [2.45, 2.75) is 73.6 Å². The van der Waals surface area contributed by atoms with Gasteiger partial charge in [-0.05, 0) is 69.1 Å². The first-order valence-corrected chi connectivity index (χ1v) is 14.6. The van der Waals surface area contributed by atoms with Crippen LogP contribution in [-0.2, 0) is 9.84 Å². The Balaban J connectivity index is 1.61. The Kier molecular flexibility index (Phi) is 8.11. The van der Waals surface area contributed by atoms with E-state index in [-0.39, 0.29) is 39.9 Å². The molecule has 0 aliphatic heterocycles. The zero-order chi connectivity index (χ0) is 29.9. The normalized spacial score (nSPS) is 28.3. The fourth-order valence-electron chi connectivity index (χ4n) is 6.19. The predicted octanol–water partition coefficient (Wildman–Crippen LogP) is 3.44. The molecule has 0 spiro atoms. The quantitative estimate of drug-likeness (QED) is 0.304. The number of halogens is 4. The van der Waals surface area contributed by atoms with Gasteiger partial charge in [-0.25, -0.2) is 21.6 Å². The van der Waals surface area contributed by atoms with Crippen LogP contribution in [0.1, 0.15) is 50.4 Å². The number of hydrogen-bond donors (Lipinski definition) is 5. The third kappa shape index (κ3) is 5.25. The number of amides is 1. The fourth-order valence-corrected chi connectivity index (χ4v) is 8.57. The lowest BCUT2D eigenvalue weighted by Gasteiger charge is -2.48. The average molecular weight is 606 g/mol. The summed E-state index contributed by atoms with van der Waals surface area (Å²) in [5, 5.41) is 44.2. The highest BCUT2D eigenvalue weighted by Crippen LogP contribution is 2.56. The summed E-state index contributed by atoms with van der Waals surface area (Å²) in [6, 6.07) is 4.59. The molecular formula is C27H31ClF3NO7S. The van der Waals surface area contributed by atoms with Gasteiger partial charge in [0, 0.05) is 23.4 Å². The second-order valence-electron chi connectivity index (χ2n) is 11.4. The van der Waals surface area contributed by atoms with Crippen LogP contribution < -0.4 is 5.32 Å². The van der Waals surface area contributed by atoms with Gasteiger partial charge in [0.15, 0.2) is 27.3 Å². The molecule has 2 fully saturated rings. The molecule has 7 atom stereocenters. The van der Waals surface area contributed by atoms with Crippen LogP contribution in [0.5, 0.6) is 0 Å². The minimum absolute atomic E-state index is 0.0732. The number of benzene rings is 2. The summed E-state index contributed by atoms with van der Waals surface area (Å²) in [5.41, 5.74) is -4.14. The molecular weight excluding hydrogens is 575 g/mol. The molecule has 0 aromatic heterocycles. The number of carbonyl (C=O) groups excluding carboxylic acids is 1. The van der Waals surface area contributed by atoms with E-state index in [1.165, 1.54) is 26.0 Å². The van der Waals surface area contributed by atoms with E-state index < -0.39 is 73.7 Å². The minimum atomic E-state index is -4.20. The van der Waals surface area contributed by atoms with Crippen LogP contribution in [0.2, 0.25) is 5.02 Å². The van der Waals surface area contributed by atoms with Gasteiger partial charge < -0.3 is 25.7 Å². The van der Waals surface area contributed by atoms with E-state index in [0.29, 0.717) is 18.6 Å². The average Bonchev–Trinajstić information content (AvgIpc) is 2.98. The Morgan fingerprint density at radius 2 is 1.70 bits per heavy atom. The summed E-state index contributed by atoms with van der Waals surface area (Å²) >= 11 is 6.24. The summed E-state index contributed by atoms with van der Waals surface area (Å²) in [7, 11) is -4.20. The van der Waals surface area contributed by atoms with Gasteiger partial charge in [0.1, 0.15) is 12.2 Å². The van der Waals surface area contributed by atoms with Crippen LogP contribution in [0.3, 0.4) is 0 Å². The Bertz CT molecular complexity index is 1410. The van der Waals surface area contributed by atoms with Crippen molar-refractivity contribution in [2.24, 2.45) is 17.8 Å². The number of aliphatic hydroxyl groups excluding tert-OH is 2. The molecule has 2 aliphatic rings. The van der Waals surface area contributed by atoms with Gasteiger partial charge in [0.25, 0.3) is 5.91 Å². The molecule has 2 saturated carbocycles. The van der Waals surface area contributed by atoms with Crippen LogP contribution in [0.25, 0.3) is 0 Å². The van der Waals surface area contributed by atoms with Crippen LogP contribution in [0.15, 0.2) is 35.2 Å². The van der Waals surface area contributed by atoms with E-state index in [9.17, 15) is 46.8 Å². The topological polar surface area (TPSA) is 144 Å². The molecule has 220 valence electrons. The first-order chi connectivity index (χ1) is 18.4. The zero-order valence-corrected chi connectivity index (χ0v) is 23.5. The largest absolute Gasteiger partial charge is 0.388 e. The molecule has 2 aromatic carbocycles. The molecule has 13 heteroatoms. The third-order valence-electron chi connectivity index (χ3n) is 8.33. The fraction of sp³-hybridized carbons (Fsp3) is 0.519. The molecule has 0 radical (unpaired) electrons. The Morgan fingerprint density at radius 1 is 1.10 bits per heavy atom. The molecule has 40 heavy (non-hydrogen) atoms. The van der Waals surface area contributed by atoms with Crippen LogP contribution in [-0.4, -0.2) is 63.4 Å². The highest BCUT2D eigenvalue weighted by molar-refractivity contribution is 7.92. The van der Waals surface area contributed by atoms with Crippen molar-refractivity contribution in [3.63, 3.8) is 0 Å². The summed E-state index contributed by atoms with van der Waals surface area (Å²) in [5.74, 6) is -7.32. The van der Waals surface area contributed by atoms with Gasteiger partial charge in [-0.2, -0.15) is 0 Å². The number of anilines is 1. The monoisotopic (exact) mass is 605 g/mol. The van der Waals surface area contributed by atoms with Crippen LogP contribution in [0, 0.1) is 35.2 Å². The van der Waals surface area contributed by atoms with E-state index in [0.717, 1.165) is 6.07 Å². The van der Waals surface area contributed by atoms with E-state index in [2.05, 4.69) is 5.32 Å². The van der Waals surface area contributed by atoms with Crippen molar-refractivity contribution < 1.29 is 46.8 Å². The highest BCUT2D eigenvalue weighted by atomic mass is 35.5. The maximum absolute atomic E-state index is 13.8. The summed E-state index contributed by atoms with van der Waals surface area (Å²) in [4.78, 5) is 12.4. The molecule has 2 aromatic rings. The van der Waals surface area contributed by atoms with Crippen molar-refractivity contribution in [3.8, 4) is 0 Å². The van der Waals surface area contributed by atoms with Gasteiger partial charge >= 0.3 is 0 Å². The van der Waals surface area contributed by atoms with Crippen molar-refractivity contribution in [3.05, 3.63) is 58.4 Å². The number of aliphatic hydroxyl groups is 4. The van der Waals surface area contributed by atoms with Crippen molar-refractivity contribution in [1.29, 1.82) is 0 Å². The lowest BCUT2D eigenvalue weighted by atomic mass is 9.67. The second kappa shape index (κ2) is 10.6. The summed E-state index contributed by atoms with van der Waals surface area (Å²) in [6.45, 7) is 4.40. The van der Waals surface area contributed by atoms with Gasteiger partial charge in [0.2, 0.25) is 0 Å². The second-order valence-corrected chi connectivity index (χ2v) is 14.0. The minimum Gasteiger partial charge on any atom is -0.388 e. The van der Waals surface area contributed by atoms with E-state index in [4.69, 9.17) is 11.6 Å². The molecule has 5 N–H and O–H groups in total. The highest BCUT2D eigenvalue weighted by Gasteiger charge is 2.63. The maximum Gasteiger partial charge on any atom is 0.255 e. The first kappa shape index (κ1) is 30.7. The Labute approximate surface area is 234 Å². The van der Waals surface area contributed by atoms with Crippen molar-refractivity contribution in [2.75, 3.05) is 5.32 Å². The van der Waals surface area contributed by atoms with Gasteiger partial charge in [-0.15, -0.1) is 0 Å². The van der Waals surface area contributed by atoms with Crippen LogP contribution >= 0.6 is 11.6 Å². The lowest BCUT2D eigenvalue weighted by Crippen LogP contribution is -2.63. The number of hydrogen-bond acceptors (Lipinski definition) is 7. The molecule has 5 unspecified atom stereocenters. The number of fused-ring (bicyclic) bond motifs is 2. The number of nitrogens with one attached hydrogen (secondary N) is 1. The first-order valence-electron chi connectivity index (χ1n) is 12.7. The van der Waals surface area contributed by atoms with Crippen LogP contribution in [0.4, 0.5) is 18.9 Å². The Morgan fingerprint density at radius 3 is 2.25 bits per heavy atom. The molecule has 0 heterocycles. The summed E-state index contributed by atoms with van der Waals surface area (Å²) in [6.07, 6.45) is -3.19. The van der Waals surface area contributed by atoms with Gasteiger partial charge in [0.05, 0.1) is 26.4 Å². The maximum atomic E-state index is 13.8. The molecule has 2 aliphatic carbocycles. The lowest BCUT2D eigenvalue weighted by molar-refractivity contribution is -0.209. The molecule has 4 rings (SSSR count). The predicted molar refractivity (Wildman–Crippen MR) is 140 cm³/mol. The standard InChI is InChI=1S/C27H31ClF3NO7S/c1-12-6-14-8-16(11-17(12)27(14,37)24(34)23(33)26(2,3)36)40(38,39)21-7-13(4-5-18(21)28)25(35)32-15-9-19(29)22(31)20(30)10-15/h4-5,7,9-10,12,14,16-17,23-24,33-34,36-37H,6,8,11H2,1-3H3,(H,32,35)/t12-,14?,16?,17?,23?,24?,27+/m0/s1. The zero-order valence-electron chi connectivity index (χ0n) is 21.9. The number of carbonyl (C=O) groups is 1. The molecule has 1 amide bonds.